The van der Waals surface area contributed by atoms with E-state index >= 15 is 0 Å². The van der Waals surface area contributed by atoms with Gasteiger partial charge >= 0.3 is 17.2 Å². The summed E-state index contributed by atoms with van der Waals surface area (Å²) in [6.07, 6.45) is -0.839. The highest BCUT2D eigenvalue weighted by molar-refractivity contribution is 5.97. The first-order chi connectivity index (χ1) is 14.4. The number of fused-ring (bicyclic) bond motifs is 2. The van der Waals surface area contributed by atoms with Gasteiger partial charge in [-0.25, -0.2) is 14.4 Å². The number of carbonyl (C=O) groups is 1. The molecule has 2 aromatic carbocycles. The van der Waals surface area contributed by atoms with Crippen molar-refractivity contribution < 1.29 is 23.1 Å². The molecule has 4 aromatic rings. The molecule has 0 saturated heterocycles. The predicted molar refractivity (Wildman–Crippen MR) is 111 cm³/mol. The zero-order valence-corrected chi connectivity index (χ0v) is 16.6. The molecule has 0 aliphatic carbocycles. The van der Waals surface area contributed by atoms with E-state index in [1.165, 1.54) is 13.2 Å². The Balaban J connectivity index is 1.92. The van der Waals surface area contributed by atoms with Crippen LogP contribution in [0.3, 0.4) is 0 Å². The summed E-state index contributed by atoms with van der Waals surface area (Å²) in [5.74, 6) is -0.162. The van der Waals surface area contributed by atoms with E-state index in [9.17, 15) is 14.4 Å². The Hall–Kier alpha value is -3.87. The molecule has 0 saturated carbocycles. The van der Waals surface area contributed by atoms with Crippen LogP contribution in [-0.2, 0) is 9.53 Å². The van der Waals surface area contributed by atoms with Crippen LogP contribution in [0.15, 0.2) is 67.0 Å². The molecule has 0 fully saturated rings. The molecular weight excluding hydrogens is 388 g/mol. The summed E-state index contributed by atoms with van der Waals surface area (Å²) >= 11 is 0. The number of methoxy groups -OCH3 is 1. The third-order valence-electron chi connectivity index (χ3n) is 4.88. The Bertz CT molecular complexity index is 1390. The molecule has 30 heavy (non-hydrogen) atoms. The molecule has 7 nitrogen and oxygen atoms in total. The van der Waals surface area contributed by atoms with Gasteiger partial charge in [0.15, 0.2) is 6.10 Å². The molecule has 0 radical (unpaired) electrons. The summed E-state index contributed by atoms with van der Waals surface area (Å²) in [4.78, 5) is 36.6. The maximum Gasteiger partial charge on any atom is 0.346 e. The average Bonchev–Trinajstić information content (AvgIpc) is 2.74. The van der Waals surface area contributed by atoms with Crippen LogP contribution in [-0.4, -0.2) is 19.2 Å². The lowest BCUT2D eigenvalue weighted by Crippen LogP contribution is -2.25. The highest BCUT2D eigenvalue weighted by Gasteiger charge is 2.20. The Labute approximate surface area is 170 Å². The molecule has 0 aliphatic rings. The number of para-hydroxylation sites is 1. The lowest BCUT2D eigenvalue weighted by Gasteiger charge is -2.15. The minimum atomic E-state index is -0.839. The Morgan fingerprint density at radius 1 is 1.00 bits per heavy atom. The summed E-state index contributed by atoms with van der Waals surface area (Å²) < 4.78 is 21.2. The van der Waals surface area contributed by atoms with Gasteiger partial charge in [0.2, 0.25) is 0 Å². The molecule has 0 unspecified atom stereocenters. The first kappa shape index (κ1) is 19.4. The molecule has 4 rings (SSSR count). The van der Waals surface area contributed by atoms with Crippen molar-refractivity contribution in [1.29, 1.82) is 0 Å². The van der Waals surface area contributed by atoms with Crippen LogP contribution in [0.4, 0.5) is 0 Å². The highest BCUT2D eigenvalue weighted by Crippen LogP contribution is 2.33. The zero-order valence-electron chi connectivity index (χ0n) is 16.6. The Morgan fingerprint density at radius 2 is 1.77 bits per heavy atom. The first-order valence-corrected chi connectivity index (χ1v) is 9.24. The molecule has 0 amide bonds. The lowest BCUT2D eigenvalue weighted by molar-refractivity contribution is -0.147. The molecule has 152 valence electrons. The van der Waals surface area contributed by atoms with Crippen molar-refractivity contribution in [3.8, 4) is 16.9 Å². The Morgan fingerprint density at radius 3 is 2.53 bits per heavy atom. The number of hydrogen-bond donors (Lipinski definition) is 0. The first-order valence-electron chi connectivity index (χ1n) is 9.24. The Kier molecular flexibility index (Phi) is 4.87. The minimum absolute atomic E-state index is 0.252. The van der Waals surface area contributed by atoms with Gasteiger partial charge in [-0.3, -0.25) is 0 Å². The van der Waals surface area contributed by atoms with Gasteiger partial charge in [0.05, 0.1) is 12.7 Å². The monoisotopic (exact) mass is 406 g/mol. The predicted octanol–water partition coefficient (Wildman–Crippen LogP) is 3.82. The van der Waals surface area contributed by atoms with Gasteiger partial charge in [-0.05, 0) is 38.1 Å². The van der Waals surface area contributed by atoms with Crippen LogP contribution >= 0.6 is 0 Å². The molecule has 0 aliphatic heterocycles. The van der Waals surface area contributed by atoms with E-state index in [-0.39, 0.29) is 11.1 Å². The van der Waals surface area contributed by atoms with E-state index < -0.39 is 23.3 Å². The minimum Gasteiger partial charge on any atom is -0.479 e. The largest absolute Gasteiger partial charge is 0.479 e. The molecule has 1 atom stereocenters. The van der Waals surface area contributed by atoms with Gasteiger partial charge < -0.3 is 18.3 Å². The van der Waals surface area contributed by atoms with Gasteiger partial charge in [0.25, 0.3) is 0 Å². The van der Waals surface area contributed by atoms with Crippen LogP contribution < -0.4 is 16.0 Å². The average molecular weight is 406 g/mol. The van der Waals surface area contributed by atoms with Crippen LogP contribution in [0.2, 0.25) is 0 Å². The lowest BCUT2D eigenvalue weighted by atomic mass is 10.0. The SMILES string of the molecule is COC(=O)[C@H](C)Oc1ccc2c(-c3cc4ccccc4oc3=O)cc(=O)oc2c1C. The van der Waals surface area contributed by atoms with E-state index in [1.807, 2.05) is 12.1 Å². The van der Waals surface area contributed by atoms with Crippen molar-refractivity contribution >= 4 is 27.9 Å². The molecule has 0 bridgehead atoms. The number of rotatable bonds is 4. The summed E-state index contributed by atoms with van der Waals surface area (Å²) in [5.41, 5.74) is 0.720. The second kappa shape index (κ2) is 7.51. The van der Waals surface area contributed by atoms with Crippen molar-refractivity contribution in [3.63, 3.8) is 0 Å². The fourth-order valence-corrected chi connectivity index (χ4v) is 3.35. The van der Waals surface area contributed by atoms with Crippen molar-refractivity contribution in [2.24, 2.45) is 0 Å². The van der Waals surface area contributed by atoms with Gasteiger partial charge in [0.1, 0.15) is 16.9 Å². The van der Waals surface area contributed by atoms with Gasteiger partial charge in [0, 0.05) is 28.0 Å². The van der Waals surface area contributed by atoms with E-state index in [0.717, 1.165) is 5.39 Å². The maximum absolute atomic E-state index is 12.6. The van der Waals surface area contributed by atoms with Crippen LogP contribution in [0, 0.1) is 6.92 Å². The van der Waals surface area contributed by atoms with Gasteiger partial charge in [-0.15, -0.1) is 0 Å². The molecule has 2 aromatic heterocycles. The summed E-state index contributed by atoms with van der Waals surface area (Å²) in [5, 5.41) is 1.28. The van der Waals surface area contributed by atoms with Crippen LogP contribution in [0.1, 0.15) is 12.5 Å². The molecule has 2 heterocycles. The number of aryl methyl sites for hydroxylation is 1. The smallest absolute Gasteiger partial charge is 0.346 e. The van der Waals surface area contributed by atoms with E-state index in [2.05, 4.69) is 4.74 Å². The number of hydrogen-bond acceptors (Lipinski definition) is 7. The summed E-state index contributed by atoms with van der Waals surface area (Å²) in [6.45, 7) is 3.26. The number of carbonyl (C=O) groups excluding carboxylic acids is 1. The zero-order chi connectivity index (χ0) is 21.4. The second-order valence-corrected chi connectivity index (χ2v) is 6.81. The van der Waals surface area contributed by atoms with Gasteiger partial charge in [-0.1, -0.05) is 18.2 Å². The summed E-state index contributed by atoms with van der Waals surface area (Å²) in [6, 6.07) is 13.4. The number of benzene rings is 2. The third-order valence-corrected chi connectivity index (χ3v) is 4.88. The van der Waals surface area contributed by atoms with Crippen molar-refractivity contribution in [1.82, 2.24) is 0 Å². The van der Waals surface area contributed by atoms with Crippen LogP contribution in [0.5, 0.6) is 5.75 Å². The van der Waals surface area contributed by atoms with Gasteiger partial charge in [-0.2, -0.15) is 0 Å². The van der Waals surface area contributed by atoms with Crippen molar-refractivity contribution in [3.05, 3.63) is 74.9 Å². The normalized spacial score (nSPS) is 12.1. The number of ether oxygens (including phenoxy) is 2. The summed E-state index contributed by atoms with van der Waals surface area (Å²) in [7, 11) is 1.27. The molecule has 0 N–H and O–H groups in total. The van der Waals surface area contributed by atoms with Crippen LogP contribution in [0.25, 0.3) is 33.1 Å². The third kappa shape index (κ3) is 3.34. The standard InChI is InChI=1S/C23H18O7/c1-12-18(28-13(2)22(25)27-3)9-8-15-16(11-20(24)30-21(12)15)17-10-14-6-4-5-7-19(14)29-23(17)26/h4-11,13H,1-3H3/t13-/m0/s1. The second-order valence-electron chi connectivity index (χ2n) is 6.81. The van der Waals surface area contributed by atoms with Crippen molar-refractivity contribution in [2.75, 3.05) is 7.11 Å². The molecule has 0 spiro atoms. The maximum atomic E-state index is 12.6. The number of esters is 1. The topological polar surface area (TPSA) is 96.0 Å². The fourth-order valence-electron chi connectivity index (χ4n) is 3.35. The van der Waals surface area contributed by atoms with Crippen molar-refractivity contribution in [2.45, 2.75) is 20.0 Å². The quantitative estimate of drug-likeness (QED) is 0.375. The molecular formula is C23H18O7. The van der Waals surface area contributed by atoms with E-state index in [4.69, 9.17) is 13.6 Å². The van der Waals surface area contributed by atoms with E-state index in [0.29, 0.717) is 27.8 Å². The highest BCUT2D eigenvalue weighted by atomic mass is 16.6. The fraction of sp³-hybridized carbons (Fsp3) is 0.174. The molecule has 7 heteroatoms. The van der Waals surface area contributed by atoms with E-state index in [1.54, 1.807) is 44.2 Å².